The number of carbonyl (C=O) groups is 1. The van der Waals surface area contributed by atoms with Crippen LogP contribution in [0, 0.1) is 0 Å². The lowest BCUT2D eigenvalue weighted by Gasteiger charge is -1.99. The second kappa shape index (κ2) is 5.68. The van der Waals surface area contributed by atoms with E-state index in [9.17, 15) is 4.79 Å². The van der Waals surface area contributed by atoms with Gasteiger partial charge in [-0.3, -0.25) is 4.79 Å². The van der Waals surface area contributed by atoms with Crippen LogP contribution in [0.15, 0.2) is 23.3 Å². The van der Waals surface area contributed by atoms with Gasteiger partial charge in [0, 0.05) is 4.88 Å². The van der Waals surface area contributed by atoms with E-state index in [1.165, 1.54) is 28.2 Å². The molecule has 0 saturated heterocycles. The molecule has 2 aromatic rings. The summed E-state index contributed by atoms with van der Waals surface area (Å²) in [5.74, 6) is -0.133. The van der Waals surface area contributed by atoms with Crippen molar-refractivity contribution in [2.45, 2.75) is 26.2 Å². The first-order valence-corrected chi connectivity index (χ1v) is 8.36. The molecule has 104 valence electrons. The molecule has 3 nitrogen and oxygen atoms in total. The van der Waals surface area contributed by atoms with Crippen molar-refractivity contribution >= 4 is 45.9 Å². The molecule has 0 unspecified atom stereocenters. The zero-order chi connectivity index (χ0) is 14.1. The van der Waals surface area contributed by atoms with Crippen LogP contribution in [0.3, 0.4) is 0 Å². The number of hydrogen-bond donors (Lipinski definition) is 1. The number of amides is 1. The minimum absolute atomic E-state index is 0.133. The van der Waals surface area contributed by atoms with Crippen molar-refractivity contribution in [2.75, 3.05) is 0 Å². The predicted octanol–water partition coefficient (Wildman–Crippen LogP) is 4.11. The molecule has 2 heterocycles. The van der Waals surface area contributed by atoms with Crippen LogP contribution in [-0.4, -0.2) is 11.6 Å². The Kier molecular flexibility index (Phi) is 3.92. The van der Waals surface area contributed by atoms with Gasteiger partial charge in [0.15, 0.2) is 0 Å². The van der Waals surface area contributed by atoms with Crippen LogP contribution in [0.4, 0.5) is 0 Å². The minimum atomic E-state index is -0.133. The van der Waals surface area contributed by atoms with Gasteiger partial charge in [0.1, 0.15) is 0 Å². The molecule has 0 aromatic carbocycles. The number of fused-ring (bicyclic) bond motifs is 1. The molecular weight excluding hydrogens is 312 g/mol. The second-order valence-electron chi connectivity index (χ2n) is 4.65. The van der Waals surface area contributed by atoms with E-state index < -0.39 is 0 Å². The van der Waals surface area contributed by atoms with Gasteiger partial charge in [0.2, 0.25) is 0 Å². The van der Waals surface area contributed by atoms with Gasteiger partial charge in [-0.15, -0.1) is 22.7 Å². The highest BCUT2D eigenvalue weighted by Gasteiger charge is 2.18. The Morgan fingerprint density at radius 3 is 2.85 bits per heavy atom. The second-order valence-corrected chi connectivity index (χ2v) is 7.51. The van der Waals surface area contributed by atoms with Gasteiger partial charge in [-0.05, 0) is 49.9 Å². The van der Waals surface area contributed by atoms with E-state index in [1.807, 2.05) is 25.1 Å². The maximum Gasteiger partial charge on any atom is 0.281 e. The van der Waals surface area contributed by atoms with Crippen LogP contribution in [0.5, 0.6) is 0 Å². The molecular formula is C14H13ClN2OS2. The van der Waals surface area contributed by atoms with Crippen LogP contribution in [0.2, 0.25) is 4.34 Å². The van der Waals surface area contributed by atoms with Crippen LogP contribution in [0.1, 0.15) is 38.3 Å². The number of nitrogens with zero attached hydrogens (tertiary/aromatic N) is 1. The van der Waals surface area contributed by atoms with E-state index in [-0.39, 0.29) is 5.91 Å². The Morgan fingerprint density at radius 2 is 2.15 bits per heavy atom. The third-order valence-electron chi connectivity index (χ3n) is 3.23. The molecule has 2 aromatic heterocycles. The Hall–Kier alpha value is -1.17. The van der Waals surface area contributed by atoms with Crippen LogP contribution < -0.4 is 5.43 Å². The highest BCUT2D eigenvalue weighted by atomic mass is 35.5. The van der Waals surface area contributed by atoms with Gasteiger partial charge in [-0.2, -0.15) is 5.10 Å². The first-order chi connectivity index (χ1) is 9.63. The van der Waals surface area contributed by atoms with Crippen molar-refractivity contribution in [3.05, 3.63) is 42.7 Å². The number of rotatable bonds is 3. The summed E-state index contributed by atoms with van der Waals surface area (Å²) in [6.07, 6.45) is 3.40. The minimum Gasteiger partial charge on any atom is -0.266 e. The lowest BCUT2D eigenvalue weighted by molar-refractivity contribution is 0.0959. The number of aryl methyl sites for hydroxylation is 2. The molecule has 1 aliphatic rings. The number of nitrogens with one attached hydrogen (secondary N) is 1. The summed E-state index contributed by atoms with van der Waals surface area (Å²) < 4.78 is 0.718. The quantitative estimate of drug-likeness (QED) is 0.670. The third kappa shape index (κ3) is 2.80. The lowest BCUT2D eigenvalue weighted by atomic mass is 10.2. The summed E-state index contributed by atoms with van der Waals surface area (Å²) in [6, 6.07) is 5.72. The topological polar surface area (TPSA) is 41.5 Å². The van der Waals surface area contributed by atoms with E-state index >= 15 is 0 Å². The van der Waals surface area contributed by atoms with Crippen molar-refractivity contribution in [3.63, 3.8) is 0 Å². The molecule has 0 aliphatic heterocycles. The average Bonchev–Trinajstić information content (AvgIpc) is 3.09. The van der Waals surface area contributed by atoms with E-state index in [2.05, 4.69) is 10.5 Å². The first-order valence-electron chi connectivity index (χ1n) is 6.35. The molecule has 20 heavy (non-hydrogen) atoms. The van der Waals surface area contributed by atoms with E-state index in [4.69, 9.17) is 11.6 Å². The van der Waals surface area contributed by atoms with Gasteiger partial charge < -0.3 is 0 Å². The first kappa shape index (κ1) is 13.8. The smallest absolute Gasteiger partial charge is 0.266 e. The molecule has 6 heteroatoms. The monoisotopic (exact) mass is 324 g/mol. The van der Waals surface area contributed by atoms with Gasteiger partial charge in [0.25, 0.3) is 5.91 Å². The molecule has 3 rings (SSSR count). The molecule has 0 saturated carbocycles. The molecule has 1 aliphatic carbocycles. The van der Waals surface area contributed by atoms with Gasteiger partial charge in [0.05, 0.1) is 19.8 Å². The van der Waals surface area contributed by atoms with E-state index in [0.717, 1.165) is 32.6 Å². The van der Waals surface area contributed by atoms with E-state index in [0.29, 0.717) is 0 Å². The summed E-state index contributed by atoms with van der Waals surface area (Å²) in [4.78, 5) is 15.1. The molecule has 1 N–H and O–H groups in total. The standard InChI is InChI=1S/C14H13ClN2OS2/c1-8(10-5-6-13(15)20-10)16-17-14(18)12-7-9-3-2-4-11(9)19-12/h5-7H,2-4H2,1H3,(H,17,18)/b16-8-. The normalized spacial score (nSPS) is 14.4. The molecule has 1 amide bonds. The van der Waals surface area contributed by atoms with Gasteiger partial charge in [-0.25, -0.2) is 5.43 Å². The van der Waals surface area contributed by atoms with Crippen LogP contribution in [-0.2, 0) is 12.8 Å². The lowest BCUT2D eigenvalue weighted by Crippen LogP contribution is -2.18. The maximum absolute atomic E-state index is 12.1. The average molecular weight is 325 g/mol. The zero-order valence-corrected chi connectivity index (χ0v) is 13.3. The fourth-order valence-corrected chi connectivity index (χ4v) is 4.33. The Bertz CT molecular complexity index is 666. The summed E-state index contributed by atoms with van der Waals surface area (Å²) in [6.45, 7) is 1.86. The summed E-state index contributed by atoms with van der Waals surface area (Å²) in [5.41, 5.74) is 4.71. The fraction of sp³-hybridized carbons (Fsp3) is 0.286. The molecule has 0 atom stereocenters. The maximum atomic E-state index is 12.1. The van der Waals surface area contributed by atoms with Crippen molar-refractivity contribution in [1.82, 2.24) is 5.43 Å². The summed E-state index contributed by atoms with van der Waals surface area (Å²) >= 11 is 8.91. The molecule has 0 bridgehead atoms. The number of halogens is 1. The number of carbonyl (C=O) groups excluding carboxylic acids is 1. The summed E-state index contributed by atoms with van der Waals surface area (Å²) in [5, 5.41) is 4.14. The zero-order valence-electron chi connectivity index (χ0n) is 10.9. The van der Waals surface area contributed by atoms with Gasteiger partial charge in [-0.1, -0.05) is 11.6 Å². The Balaban J connectivity index is 1.69. The van der Waals surface area contributed by atoms with E-state index in [1.54, 1.807) is 11.3 Å². The Morgan fingerprint density at radius 1 is 1.30 bits per heavy atom. The highest BCUT2D eigenvalue weighted by molar-refractivity contribution is 7.18. The Labute approximate surface area is 130 Å². The molecule has 0 radical (unpaired) electrons. The predicted molar refractivity (Wildman–Crippen MR) is 85.4 cm³/mol. The van der Waals surface area contributed by atoms with Crippen molar-refractivity contribution < 1.29 is 4.79 Å². The molecule has 0 spiro atoms. The van der Waals surface area contributed by atoms with Crippen molar-refractivity contribution in [2.24, 2.45) is 5.10 Å². The SMILES string of the molecule is C/C(=N/NC(=O)c1cc2c(s1)CCC2)c1ccc(Cl)s1. The van der Waals surface area contributed by atoms with Crippen LogP contribution in [0.25, 0.3) is 0 Å². The van der Waals surface area contributed by atoms with Crippen molar-refractivity contribution in [3.8, 4) is 0 Å². The number of hydrogen-bond acceptors (Lipinski definition) is 4. The largest absolute Gasteiger partial charge is 0.281 e. The summed E-state index contributed by atoms with van der Waals surface area (Å²) in [7, 11) is 0. The third-order valence-corrected chi connectivity index (χ3v) is 5.80. The van der Waals surface area contributed by atoms with Gasteiger partial charge >= 0.3 is 0 Å². The highest BCUT2D eigenvalue weighted by Crippen LogP contribution is 2.30. The number of hydrazone groups is 1. The fourth-order valence-electron chi connectivity index (χ4n) is 2.19. The van der Waals surface area contributed by atoms with Crippen molar-refractivity contribution in [1.29, 1.82) is 0 Å². The van der Waals surface area contributed by atoms with Crippen LogP contribution >= 0.6 is 34.3 Å². The number of thiophene rings is 2. The molecule has 0 fully saturated rings.